The molecule has 0 aliphatic carbocycles. The minimum Gasteiger partial charge on any atom is -0.324 e. The van der Waals surface area contributed by atoms with Crippen LogP contribution in [0.25, 0.3) is 11.0 Å². The second-order valence-electron chi connectivity index (χ2n) is 5.56. The molecule has 1 N–H and O–H groups in total. The van der Waals surface area contributed by atoms with Gasteiger partial charge in [-0.15, -0.1) is 0 Å². The highest BCUT2D eigenvalue weighted by Gasteiger charge is 2.11. The number of hydrogen-bond acceptors (Lipinski definition) is 2. The van der Waals surface area contributed by atoms with Crippen LogP contribution in [-0.4, -0.2) is 22.1 Å². The fraction of sp³-hybridized carbons (Fsp3) is 0.438. The summed E-state index contributed by atoms with van der Waals surface area (Å²) < 4.78 is 2.23. The quantitative estimate of drug-likeness (QED) is 0.820. The average molecular weight is 292 g/mol. The molecule has 3 nitrogen and oxygen atoms in total. The number of aromatic nitrogens is 2. The number of fused-ring (bicyclic) bond motifs is 1. The first-order valence-corrected chi connectivity index (χ1v) is 7.37. The number of nitrogens with zero attached hydrogens (tertiary/aromatic N) is 2. The Kier molecular flexibility index (Phi) is 4.84. The van der Waals surface area contributed by atoms with Crippen LogP contribution in [0.2, 0.25) is 5.02 Å². The molecule has 0 unspecified atom stereocenters. The number of benzene rings is 1. The SMILES string of the molecule is C=C(C)Cn1c(CCNC(C)C)nc2cc(Cl)ccc21. The molecule has 2 rings (SSSR count). The van der Waals surface area contributed by atoms with E-state index in [1.807, 2.05) is 25.1 Å². The topological polar surface area (TPSA) is 29.9 Å². The summed E-state index contributed by atoms with van der Waals surface area (Å²) in [6.45, 7) is 12.1. The lowest BCUT2D eigenvalue weighted by Crippen LogP contribution is -2.25. The summed E-state index contributed by atoms with van der Waals surface area (Å²) in [5, 5.41) is 4.15. The van der Waals surface area contributed by atoms with Crippen molar-refractivity contribution in [1.29, 1.82) is 0 Å². The first-order chi connectivity index (χ1) is 9.47. The average Bonchev–Trinajstić information content (AvgIpc) is 2.65. The molecule has 0 atom stereocenters. The minimum atomic E-state index is 0.489. The number of rotatable bonds is 6. The largest absolute Gasteiger partial charge is 0.324 e. The fourth-order valence-electron chi connectivity index (χ4n) is 2.26. The van der Waals surface area contributed by atoms with Crippen LogP contribution >= 0.6 is 11.6 Å². The van der Waals surface area contributed by atoms with Gasteiger partial charge in [-0.3, -0.25) is 0 Å². The van der Waals surface area contributed by atoms with E-state index in [2.05, 4.69) is 30.3 Å². The lowest BCUT2D eigenvalue weighted by atomic mass is 10.3. The molecular formula is C16H22ClN3. The normalized spacial score (nSPS) is 11.4. The maximum Gasteiger partial charge on any atom is 0.111 e. The van der Waals surface area contributed by atoms with Gasteiger partial charge in [0.05, 0.1) is 11.0 Å². The first kappa shape index (κ1) is 15.1. The van der Waals surface area contributed by atoms with Crippen LogP contribution < -0.4 is 5.32 Å². The van der Waals surface area contributed by atoms with E-state index < -0.39 is 0 Å². The Morgan fingerprint density at radius 2 is 2.20 bits per heavy atom. The molecule has 1 aromatic carbocycles. The van der Waals surface area contributed by atoms with Crippen LogP contribution in [0.1, 0.15) is 26.6 Å². The van der Waals surface area contributed by atoms with E-state index in [0.29, 0.717) is 6.04 Å². The van der Waals surface area contributed by atoms with Gasteiger partial charge in [0.15, 0.2) is 0 Å². The summed E-state index contributed by atoms with van der Waals surface area (Å²) in [4.78, 5) is 4.72. The first-order valence-electron chi connectivity index (χ1n) is 7.00. The summed E-state index contributed by atoms with van der Waals surface area (Å²) >= 11 is 6.05. The maximum absolute atomic E-state index is 6.05. The van der Waals surface area contributed by atoms with Crippen molar-refractivity contribution in [2.75, 3.05) is 6.54 Å². The molecule has 0 saturated heterocycles. The van der Waals surface area contributed by atoms with Gasteiger partial charge < -0.3 is 9.88 Å². The zero-order valence-electron chi connectivity index (χ0n) is 12.4. The van der Waals surface area contributed by atoms with Crippen molar-refractivity contribution in [2.45, 2.75) is 39.8 Å². The summed E-state index contributed by atoms with van der Waals surface area (Å²) in [6.07, 6.45) is 0.901. The fourth-order valence-corrected chi connectivity index (χ4v) is 2.43. The van der Waals surface area contributed by atoms with Crippen LogP contribution in [0.15, 0.2) is 30.4 Å². The van der Waals surface area contributed by atoms with Crippen LogP contribution in [0.3, 0.4) is 0 Å². The van der Waals surface area contributed by atoms with E-state index in [1.165, 1.54) is 0 Å². The third-order valence-corrected chi connectivity index (χ3v) is 3.35. The molecule has 0 aliphatic rings. The van der Waals surface area contributed by atoms with Gasteiger partial charge in [-0.2, -0.15) is 0 Å². The Morgan fingerprint density at radius 1 is 1.45 bits per heavy atom. The molecule has 0 radical (unpaired) electrons. The summed E-state index contributed by atoms with van der Waals surface area (Å²) in [5.41, 5.74) is 3.20. The highest BCUT2D eigenvalue weighted by atomic mass is 35.5. The zero-order valence-corrected chi connectivity index (χ0v) is 13.2. The van der Waals surface area contributed by atoms with E-state index in [-0.39, 0.29) is 0 Å². The Balaban J connectivity index is 2.32. The molecule has 0 amide bonds. The van der Waals surface area contributed by atoms with E-state index in [0.717, 1.165) is 47.0 Å². The molecule has 0 saturated carbocycles. The molecule has 0 bridgehead atoms. The summed E-state index contributed by atoms with van der Waals surface area (Å²) in [5.74, 6) is 1.08. The van der Waals surface area contributed by atoms with Crippen molar-refractivity contribution in [3.8, 4) is 0 Å². The smallest absolute Gasteiger partial charge is 0.111 e. The monoisotopic (exact) mass is 291 g/mol. The van der Waals surface area contributed by atoms with Gasteiger partial charge in [0.25, 0.3) is 0 Å². The molecule has 1 heterocycles. The van der Waals surface area contributed by atoms with Crippen molar-refractivity contribution in [1.82, 2.24) is 14.9 Å². The van der Waals surface area contributed by atoms with Gasteiger partial charge in [-0.1, -0.05) is 37.6 Å². The molecule has 0 aliphatic heterocycles. The Hall–Kier alpha value is -1.32. The van der Waals surface area contributed by atoms with Crippen LogP contribution in [-0.2, 0) is 13.0 Å². The van der Waals surface area contributed by atoms with Gasteiger partial charge in [-0.25, -0.2) is 4.98 Å². The van der Waals surface area contributed by atoms with Gasteiger partial charge in [-0.05, 0) is 25.1 Å². The maximum atomic E-state index is 6.05. The summed E-state index contributed by atoms with van der Waals surface area (Å²) in [6, 6.07) is 6.36. The van der Waals surface area contributed by atoms with Crippen molar-refractivity contribution < 1.29 is 0 Å². The minimum absolute atomic E-state index is 0.489. The number of imidazole rings is 1. The van der Waals surface area contributed by atoms with Gasteiger partial charge in [0.1, 0.15) is 5.82 Å². The van der Waals surface area contributed by atoms with E-state index >= 15 is 0 Å². The Morgan fingerprint density at radius 3 is 2.85 bits per heavy atom. The van der Waals surface area contributed by atoms with Crippen molar-refractivity contribution in [3.05, 3.63) is 41.2 Å². The third kappa shape index (κ3) is 3.62. The van der Waals surface area contributed by atoms with Gasteiger partial charge in [0.2, 0.25) is 0 Å². The molecule has 1 aromatic heterocycles. The van der Waals surface area contributed by atoms with Crippen LogP contribution in [0.4, 0.5) is 0 Å². The van der Waals surface area contributed by atoms with E-state index in [9.17, 15) is 0 Å². The lowest BCUT2D eigenvalue weighted by Gasteiger charge is -2.11. The standard InChI is InChI=1S/C16H22ClN3/c1-11(2)10-20-15-6-5-13(17)9-14(15)19-16(20)7-8-18-12(3)4/h5-6,9,12,18H,1,7-8,10H2,2-4H3. The molecule has 4 heteroatoms. The predicted octanol–water partition coefficient (Wildman–Crippen LogP) is 3.81. The van der Waals surface area contributed by atoms with Crippen molar-refractivity contribution in [2.24, 2.45) is 0 Å². The van der Waals surface area contributed by atoms with Crippen molar-refractivity contribution in [3.63, 3.8) is 0 Å². The van der Waals surface area contributed by atoms with Gasteiger partial charge in [0, 0.05) is 30.6 Å². The third-order valence-electron chi connectivity index (χ3n) is 3.12. The zero-order chi connectivity index (χ0) is 14.7. The van der Waals surface area contributed by atoms with E-state index in [1.54, 1.807) is 0 Å². The predicted molar refractivity (Wildman–Crippen MR) is 86.4 cm³/mol. The van der Waals surface area contributed by atoms with Gasteiger partial charge >= 0.3 is 0 Å². The highest BCUT2D eigenvalue weighted by molar-refractivity contribution is 6.31. The molecule has 2 aromatic rings. The second-order valence-corrected chi connectivity index (χ2v) is 6.00. The number of allylic oxidation sites excluding steroid dienone is 1. The number of nitrogens with one attached hydrogen (secondary N) is 1. The molecular weight excluding hydrogens is 270 g/mol. The molecule has 0 spiro atoms. The Bertz CT molecular complexity index is 613. The highest BCUT2D eigenvalue weighted by Crippen LogP contribution is 2.21. The van der Waals surface area contributed by atoms with Crippen LogP contribution in [0.5, 0.6) is 0 Å². The lowest BCUT2D eigenvalue weighted by molar-refractivity contribution is 0.574. The molecule has 20 heavy (non-hydrogen) atoms. The second kappa shape index (κ2) is 6.42. The molecule has 108 valence electrons. The Labute approximate surface area is 125 Å². The molecule has 0 fully saturated rings. The number of hydrogen-bond donors (Lipinski definition) is 1. The van der Waals surface area contributed by atoms with E-state index in [4.69, 9.17) is 16.6 Å². The number of halogens is 1. The summed E-state index contributed by atoms with van der Waals surface area (Å²) in [7, 11) is 0. The van der Waals surface area contributed by atoms with Crippen molar-refractivity contribution >= 4 is 22.6 Å². The van der Waals surface area contributed by atoms with Crippen LogP contribution in [0, 0.1) is 0 Å².